The predicted molar refractivity (Wildman–Crippen MR) is 109 cm³/mol. The van der Waals surface area contributed by atoms with Gasteiger partial charge in [-0.15, -0.1) is 0 Å². The van der Waals surface area contributed by atoms with Gasteiger partial charge in [0.15, 0.2) is 0 Å². The van der Waals surface area contributed by atoms with Gasteiger partial charge in [0, 0.05) is 19.3 Å². The third-order valence-electron chi connectivity index (χ3n) is 4.03. The number of carbonyl (C=O) groups is 4. The zero-order chi connectivity index (χ0) is 24.1. The van der Waals surface area contributed by atoms with Crippen molar-refractivity contribution in [2.24, 2.45) is 0 Å². The minimum absolute atomic E-state index is 0.103. The smallest absolute Gasteiger partial charge is 0.409 e. The fraction of sp³-hybridized carbons (Fsp3) is 0.667. The monoisotopic (exact) mass is 479 g/mol. The van der Waals surface area contributed by atoms with E-state index in [1.54, 1.807) is 13.8 Å². The molecule has 4 atom stereocenters. The number of hydrogen-bond donors (Lipinski definition) is 2. The van der Waals surface area contributed by atoms with E-state index in [2.05, 4.69) is 15.1 Å². The van der Waals surface area contributed by atoms with E-state index in [9.17, 15) is 23.7 Å². The summed E-state index contributed by atoms with van der Waals surface area (Å²) in [5, 5.41) is 4.82. The van der Waals surface area contributed by atoms with Crippen LogP contribution in [0, 0.1) is 0 Å². The second-order valence-electron chi connectivity index (χ2n) is 6.91. The highest BCUT2D eigenvalue weighted by molar-refractivity contribution is 7.51. The summed E-state index contributed by atoms with van der Waals surface area (Å²) < 4.78 is 38.5. The third kappa shape index (κ3) is 9.88. The topological polar surface area (TPSA) is 159 Å². The van der Waals surface area contributed by atoms with Gasteiger partial charge in [-0.3, -0.25) is 33.1 Å². The summed E-state index contributed by atoms with van der Waals surface area (Å²) in [6.07, 6.45) is 2.29. The summed E-state index contributed by atoms with van der Waals surface area (Å²) in [6.45, 7) is 3.96. The molecule has 2 amide bonds. The maximum Gasteiger partial charge on any atom is 0.409 e. The van der Waals surface area contributed by atoms with Crippen molar-refractivity contribution < 1.29 is 47.0 Å². The number of likely N-dealkylation sites (N-methyl/N-ethyl adjacent to an activating group) is 1. The lowest BCUT2D eigenvalue weighted by Gasteiger charge is -2.24. The highest BCUT2D eigenvalue weighted by Crippen LogP contribution is 2.45. The van der Waals surface area contributed by atoms with Crippen molar-refractivity contribution in [1.82, 2.24) is 15.3 Å². The second-order valence-corrected chi connectivity index (χ2v) is 8.68. The van der Waals surface area contributed by atoms with Crippen LogP contribution in [0.2, 0.25) is 0 Å². The number of nitrogens with one attached hydrogen (secondary N) is 2. The van der Waals surface area contributed by atoms with E-state index in [0.717, 1.165) is 0 Å². The van der Waals surface area contributed by atoms with E-state index in [1.165, 1.54) is 31.1 Å². The van der Waals surface area contributed by atoms with Crippen LogP contribution in [0.15, 0.2) is 12.3 Å². The van der Waals surface area contributed by atoms with Crippen molar-refractivity contribution in [2.45, 2.75) is 58.1 Å². The van der Waals surface area contributed by atoms with Crippen molar-refractivity contribution >= 4 is 32.5 Å². The van der Waals surface area contributed by atoms with Crippen molar-refractivity contribution in [3.63, 3.8) is 0 Å². The largest absolute Gasteiger partial charge is 0.462 e. The summed E-state index contributed by atoms with van der Waals surface area (Å²) in [5.74, 6) is -1.06. The first-order valence-electron chi connectivity index (χ1n) is 9.84. The average molecular weight is 479 g/mol. The first kappa shape index (κ1) is 27.7. The van der Waals surface area contributed by atoms with E-state index < -0.39 is 38.9 Å². The summed E-state index contributed by atoms with van der Waals surface area (Å²) in [4.78, 5) is 46.1. The molecule has 1 saturated heterocycles. The number of amides is 2. The van der Waals surface area contributed by atoms with E-state index in [0.29, 0.717) is 19.3 Å². The maximum atomic E-state index is 13.0. The Bertz CT molecular complexity index is 717. The zero-order valence-electron chi connectivity index (χ0n) is 18.4. The van der Waals surface area contributed by atoms with E-state index >= 15 is 0 Å². The number of nitrogens with zero attached hydrogens (tertiary/aromatic N) is 1. The van der Waals surface area contributed by atoms with Gasteiger partial charge in [-0.2, -0.15) is 0 Å². The molecule has 182 valence electrons. The van der Waals surface area contributed by atoms with Crippen molar-refractivity contribution in [3.05, 3.63) is 12.3 Å². The molecule has 32 heavy (non-hydrogen) atoms. The van der Waals surface area contributed by atoms with Gasteiger partial charge >= 0.3 is 13.7 Å². The fourth-order valence-electron chi connectivity index (χ4n) is 2.51. The molecular weight excluding hydrogens is 449 g/mol. The Labute approximate surface area is 186 Å². The molecule has 1 fully saturated rings. The second kappa shape index (κ2) is 14.0. The quantitative estimate of drug-likeness (QED) is 0.0836. The van der Waals surface area contributed by atoms with Gasteiger partial charge in [0.25, 0.3) is 6.47 Å². The van der Waals surface area contributed by atoms with Gasteiger partial charge in [-0.1, -0.05) is 0 Å². The lowest BCUT2D eigenvalue weighted by molar-refractivity contribution is -0.149. The van der Waals surface area contributed by atoms with Crippen LogP contribution in [0.4, 0.5) is 0 Å². The Morgan fingerprint density at radius 2 is 1.94 bits per heavy atom. The van der Waals surface area contributed by atoms with Crippen LogP contribution < -0.4 is 10.4 Å². The van der Waals surface area contributed by atoms with Gasteiger partial charge in [-0.05, 0) is 33.6 Å². The highest BCUT2D eigenvalue weighted by atomic mass is 31.2. The Morgan fingerprint density at radius 1 is 1.22 bits per heavy atom. The molecule has 0 spiro atoms. The Hall–Kier alpha value is -2.31. The number of ether oxygens (including phenoxy) is 3. The molecule has 0 bridgehead atoms. The maximum absolute atomic E-state index is 13.0. The van der Waals surface area contributed by atoms with Crippen LogP contribution in [-0.2, 0) is 47.0 Å². The Balaban J connectivity index is 2.70. The first-order chi connectivity index (χ1) is 15.1. The minimum atomic E-state index is -4.10. The highest BCUT2D eigenvalue weighted by Gasteiger charge is 2.35. The van der Waals surface area contributed by atoms with Crippen LogP contribution in [0.1, 0.15) is 33.6 Å². The van der Waals surface area contributed by atoms with Gasteiger partial charge in [0.05, 0.1) is 18.8 Å². The van der Waals surface area contributed by atoms with Crippen LogP contribution in [0.3, 0.4) is 0 Å². The molecule has 3 unspecified atom stereocenters. The first-order valence-corrected chi connectivity index (χ1v) is 11.4. The average Bonchev–Trinajstić information content (AvgIpc) is 3.21. The predicted octanol–water partition coefficient (Wildman–Crippen LogP) is 0.411. The lowest BCUT2D eigenvalue weighted by atomic mass is 10.2. The van der Waals surface area contributed by atoms with Crippen molar-refractivity contribution in [1.29, 1.82) is 0 Å². The molecule has 0 aliphatic carbocycles. The number of rotatable bonds is 15. The third-order valence-corrected chi connectivity index (χ3v) is 5.67. The molecule has 0 radical (unpaired) electrons. The number of esters is 1. The van der Waals surface area contributed by atoms with Crippen LogP contribution in [0.25, 0.3) is 0 Å². The Kier molecular flexibility index (Phi) is 12.1. The molecule has 0 aromatic carbocycles. The van der Waals surface area contributed by atoms with Gasteiger partial charge in [0.1, 0.15) is 12.3 Å². The van der Waals surface area contributed by atoms with Crippen molar-refractivity contribution in [3.8, 4) is 0 Å². The molecule has 0 aromatic heterocycles. The summed E-state index contributed by atoms with van der Waals surface area (Å²) in [5.41, 5.74) is 0. The summed E-state index contributed by atoms with van der Waals surface area (Å²) >= 11 is 0. The lowest BCUT2D eigenvalue weighted by Crippen LogP contribution is -2.36. The molecular formula is C18H30N3O10P. The van der Waals surface area contributed by atoms with Crippen LogP contribution in [-0.4, -0.2) is 74.6 Å². The van der Waals surface area contributed by atoms with E-state index in [1.807, 2.05) is 0 Å². The summed E-state index contributed by atoms with van der Waals surface area (Å²) in [7, 11) is -2.65. The molecule has 2 N–H and O–H groups in total. The normalized spacial score (nSPS) is 21.0. The van der Waals surface area contributed by atoms with E-state index in [-0.39, 0.29) is 25.1 Å². The molecule has 1 aliphatic rings. The molecule has 1 rings (SSSR count). The molecule has 1 aliphatic heterocycles. The standard InChI is InChI=1S/C18H30N3O10P/c1-13(2)30-18(25)14(3)20-32(26,29-12-27-11-23)28-9-15-5-6-17(31-15)21(10-22)8-7-16(24)19-4/h7-8,10-11,13-15,17H,5-6,9,12H2,1-4H3,(H,19,24)(H,20,26)/b8-7-/t14-,15?,17?,32?/m0/s1. The zero-order valence-corrected chi connectivity index (χ0v) is 19.3. The minimum Gasteiger partial charge on any atom is -0.462 e. The van der Waals surface area contributed by atoms with E-state index in [4.69, 9.17) is 18.5 Å². The molecule has 0 aromatic rings. The molecule has 14 heteroatoms. The number of carbonyl (C=O) groups excluding carboxylic acids is 4. The van der Waals surface area contributed by atoms with Gasteiger partial charge in [0.2, 0.25) is 19.1 Å². The summed E-state index contributed by atoms with van der Waals surface area (Å²) in [6, 6.07) is -1.04. The van der Waals surface area contributed by atoms with Gasteiger partial charge < -0.3 is 19.5 Å². The van der Waals surface area contributed by atoms with Gasteiger partial charge in [-0.25, -0.2) is 9.65 Å². The number of hydrogen-bond acceptors (Lipinski definition) is 10. The molecule has 0 saturated carbocycles. The van der Waals surface area contributed by atoms with Crippen molar-refractivity contribution in [2.75, 3.05) is 20.4 Å². The molecule has 1 heterocycles. The molecule has 13 nitrogen and oxygen atoms in total. The SMILES string of the molecule is CNC(=O)/C=C\N(C=O)C1CCC(COP(=O)(N[C@@H](C)C(=O)OC(C)C)OCOC=O)O1. The van der Waals surface area contributed by atoms with Crippen LogP contribution >= 0.6 is 7.75 Å². The Morgan fingerprint density at radius 3 is 2.53 bits per heavy atom. The fourth-order valence-corrected chi connectivity index (χ4v) is 3.88. The van der Waals surface area contributed by atoms with Crippen LogP contribution in [0.5, 0.6) is 0 Å².